The van der Waals surface area contributed by atoms with E-state index in [4.69, 9.17) is 0 Å². The Morgan fingerprint density at radius 2 is 2.00 bits per heavy atom. The summed E-state index contributed by atoms with van der Waals surface area (Å²) in [5, 5.41) is 0. The Hall–Kier alpha value is -0.860. The molecular formula is C12H21NO2. The van der Waals surface area contributed by atoms with E-state index in [9.17, 15) is 9.59 Å². The fraction of sp³-hybridized carbons (Fsp3) is 0.833. The summed E-state index contributed by atoms with van der Waals surface area (Å²) in [6.45, 7) is 6.08. The van der Waals surface area contributed by atoms with Crippen molar-refractivity contribution >= 4 is 11.7 Å². The van der Waals surface area contributed by atoms with Gasteiger partial charge in [0.2, 0.25) is 5.91 Å². The number of unbranched alkanes of at least 4 members (excludes halogenated alkanes) is 1. The van der Waals surface area contributed by atoms with Crippen LogP contribution in [0, 0.1) is 5.92 Å². The number of Topliss-reactive ketones (excluding diaryl/α,β-unsaturated/α-hetero) is 1. The van der Waals surface area contributed by atoms with Gasteiger partial charge in [-0.25, -0.2) is 0 Å². The third-order valence-electron chi connectivity index (χ3n) is 3.23. The molecule has 86 valence electrons. The van der Waals surface area contributed by atoms with Crippen LogP contribution in [0.2, 0.25) is 0 Å². The summed E-state index contributed by atoms with van der Waals surface area (Å²) >= 11 is 0. The zero-order valence-electron chi connectivity index (χ0n) is 9.95. The highest BCUT2D eigenvalue weighted by atomic mass is 16.2. The molecule has 1 aliphatic heterocycles. The van der Waals surface area contributed by atoms with Crippen LogP contribution in [-0.2, 0) is 9.59 Å². The highest BCUT2D eigenvalue weighted by Crippen LogP contribution is 2.27. The maximum atomic E-state index is 11.4. The summed E-state index contributed by atoms with van der Waals surface area (Å²) in [7, 11) is 0. The molecular weight excluding hydrogens is 190 g/mol. The van der Waals surface area contributed by atoms with E-state index < -0.39 is 0 Å². The maximum absolute atomic E-state index is 11.4. The first-order chi connectivity index (χ1) is 7.06. The number of hydrogen-bond donors (Lipinski definition) is 0. The molecule has 0 bridgehead atoms. The molecule has 1 saturated heterocycles. The van der Waals surface area contributed by atoms with Crippen molar-refractivity contribution in [3.63, 3.8) is 0 Å². The number of ketones is 1. The van der Waals surface area contributed by atoms with Gasteiger partial charge in [-0.2, -0.15) is 0 Å². The van der Waals surface area contributed by atoms with Crippen LogP contribution in [0.3, 0.4) is 0 Å². The van der Waals surface area contributed by atoms with Crippen LogP contribution in [0.25, 0.3) is 0 Å². The molecule has 0 spiro atoms. The van der Waals surface area contributed by atoms with Crippen molar-refractivity contribution in [3.8, 4) is 0 Å². The van der Waals surface area contributed by atoms with Crippen LogP contribution < -0.4 is 0 Å². The van der Waals surface area contributed by atoms with Gasteiger partial charge < -0.3 is 4.90 Å². The average molecular weight is 211 g/mol. The van der Waals surface area contributed by atoms with Crippen LogP contribution in [0.15, 0.2) is 0 Å². The van der Waals surface area contributed by atoms with Crippen molar-refractivity contribution in [1.29, 1.82) is 0 Å². The maximum Gasteiger partial charge on any atom is 0.220 e. The first kappa shape index (κ1) is 12.2. The molecule has 0 aromatic carbocycles. The molecule has 1 amide bonds. The van der Waals surface area contributed by atoms with Crippen molar-refractivity contribution < 1.29 is 9.59 Å². The lowest BCUT2D eigenvalue weighted by atomic mass is 9.98. The fourth-order valence-electron chi connectivity index (χ4n) is 2.36. The number of carbonyl (C=O) groups is 2. The molecule has 0 radical (unpaired) electrons. The third kappa shape index (κ3) is 3.05. The Morgan fingerprint density at radius 1 is 1.33 bits per heavy atom. The molecule has 1 aliphatic rings. The molecule has 0 aliphatic carbocycles. The summed E-state index contributed by atoms with van der Waals surface area (Å²) < 4.78 is 0. The Balaban J connectivity index is 2.57. The van der Waals surface area contributed by atoms with Gasteiger partial charge in [-0.3, -0.25) is 9.59 Å². The van der Waals surface area contributed by atoms with Crippen molar-refractivity contribution in [2.24, 2.45) is 5.92 Å². The molecule has 2 atom stereocenters. The van der Waals surface area contributed by atoms with E-state index >= 15 is 0 Å². The lowest BCUT2D eigenvalue weighted by Crippen LogP contribution is -2.38. The molecule has 0 N–H and O–H groups in total. The summed E-state index contributed by atoms with van der Waals surface area (Å²) in [6.07, 6.45) is 4.39. The van der Waals surface area contributed by atoms with Gasteiger partial charge in [-0.1, -0.05) is 19.8 Å². The first-order valence-electron chi connectivity index (χ1n) is 5.84. The lowest BCUT2D eigenvalue weighted by molar-refractivity contribution is -0.135. The summed E-state index contributed by atoms with van der Waals surface area (Å²) in [6, 6.07) is -0.149. The number of likely N-dealkylation sites (tertiary alicyclic amines) is 1. The highest BCUT2D eigenvalue weighted by molar-refractivity contribution is 5.87. The second-order valence-corrected chi connectivity index (χ2v) is 4.54. The third-order valence-corrected chi connectivity index (χ3v) is 3.23. The van der Waals surface area contributed by atoms with E-state index in [0.717, 1.165) is 19.4 Å². The van der Waals surface area contributed by atoms with Gasteiger partial charge in [0.25, 0.3) is 0 Å². The normalized spacial score (nSPS) is 25.7. The van der Waals surface area contributed by atoms with Crippen LogP contribution >= 0.6 is 0 Å². The number of rotatable bonds is 4. The highest BCUT2D eigenvalue weighted by Gasteiger charge is 2.35. The summed E-state index contributed by atoms with van der Waals surface area (Å²) in [4.78, 5) is 24.5. The van der Waals surface area contributed by atoms with Gasteiger partial charge >= 0.3 is 0 Å². The van der Waals surface area contributed by atoms with Crippen molar-refractivity contribution in [3.05, 3.63) is 0 Å². The molecule has 1 fully saturated rings. The van der Waals surface area contributed by atoms with Crippen LogP contribution in [0.5, 0.6) is 0 Å². The van der Waals surface area contributed by atoms with Gasteiger partial charge in [0.05, 0.1) is 6.04 Å². The van der Waals surface area contributed by atoms with Crippen molar-refractivity contribution in [2.75, 3.05) is 6.54 Å². The Bertz CT molecular complexity index is 228. The number of nitrogens with zero attached hydrogens (tertiary/aromatic N) is 1. The molecule has 3 heteroatoms. The molecule has 15 heavy (non-hydrogen) atoms. The number of carbonyl (C=O) groups excluding carboxylic acids is 2. The van der Waals surface area contributed by atoms with Gasteiger partial charge in [0.1, 0.15) is 0 Å². The zero-order valence-corrected chi connectivity index (χ0v) is 9.95. The predicted octanol–water partition coefficient (Wildman–Crippen LogP) is 2.00. The molecule has 1 rings (SSSR count). The monoisotopic (exact) mass is 211 g/mol. The van der Waals surface area contributed by atoms with Gasteiger partial charge in [-0.15, -0.1) is 0 Å². The standard InChI is InChI=1S/C12H21NO2/c1-4-5-6-11-7-12(9(2)14)13(8-11)10(3)15/h11-12H,4-8H2,1-3H3. The minimum absolute atomic E-state index is 0.0363. The largest absolute Gasteiger partial charge is 0.333 e. The zero-order chi connectivity index (χ0) is 11.4. The molecule has 3 nitrogen and oxygen atoms in total. The van der Waals surface area contributed by atoms with Gasteiger partial charge in [0.15, 0.2) is 5.78 Å². The quantitative estimate of drug-likeness (QED) is 0.713. The summed E-state index contributed by atoms with van der Waals surface area (Å²) in [5.74, 6) is 0.696. The second kappa shape index (κ2) is 5.29. The van der Waals surface area contributed by atoms with Crippen LogP contribution in [0.1, 0.15) is 46.5 Å². The minimum Gasteiger partial charge on any atom is -0.333 e. The van der Waals surface area contributed by atoms with Crippen LogP contribution in [-0.4, -0.2) is 29.2 Å². The minimum atomic E-state index is -0.149. The van der Waals surface area contributed by atoms with Crippen LogP contribution in [0.4, 0.5) is 0 Å². The van der Waals surface area contributed by atoms with Gasteiger partial charge in [-0.05, 0) is 25.7 Å². The smallest absolute Gasteiger partial charge is 0.220 e. The Morgan fingerprint density at radius 3 is 2.40 bits per heavy atom. The van der Waals surface area contributed by atoms with Crippen molar-refractivity contribution in [2.45, 2.75) is 52.5 Å². The van der Waals surface area contributed by atoms with E-state index in [0.29, 0.717) is 5.92 Å². The Kier molecular flexibility index (Phi) is 4.30. The van der Waals surface area contributed by atoms with Gasteiger partial charge in [0, 0.05) is 13.5 Å². The lowest BCUT2D eigenvalue weighted by Gasteiger charge is -2.20. The average Bonchev–Trinajstić information content (AvgIpc) is 2.58. The second-order valence-electron chi connectivity index (χ2n) is 4.54. The molecule has 0 saturated carbocycles. The number of hydrogen-bond acceptors (Lipinski definition) is 2. The van der Waals surface area contributed by atoms with E-state index in [1.165, 1.54) is 12.8 Å². The van der Waals surface area contributed by atoms with E-state index in [2.05, 4.69) is 6.92 Å². The van der Waals surface area contributed by atoms with Crippen molar-refractivity contribution in [1.82, 2.24) is 4.90 Å². The van der Waals surface area contributed by atoms with E-state index in [1.54, 1.807) is 18.7 Å². The number of amides is 1. The predicted molar refractivity (Wildman–Crippen MR) is 59.5 cm³/mol. The fourth-order valence-corrected chi connectivity index (χ4v) is 2.36. The topological polar surface area (TPSA) is 37.4 Å². The first-order valence-corrected chi connectivity index (χ1v) is 5.84. The Labute approximate surface area is 91.8 Å². The molecule has 1 heterocycles. The molecule has 2 unspecified atom stereocenters. The SMILES string of the molecule is CCCCC1CC(C(C)=O)N(C(C)=O)C1. The van der Waals surface area contributed by atoms with E-state index in [-0.39, 0.29) is 17.7 Å². The molecule has 0 aromatic rings. The molecule has 0 aromatic heterocycles. The summed E-state index contributed by atoms with van der Waals surface area (Å²) in [5.41, 5.74) is 0. The van der Waals surface area contributed by atoms with E-state index in [1.807, 2.05) is 0 Å².